The summed E-state index contributed by atoms with van der Waals surface area (Å²) < 4.78 is 5.86. The number of nitrogens with one attached hydrogen (secondary N) is 1. The summed E-state index contributed by atoms with van der Waals surface area (Å²) in [5, 5.41) is 3.34. The van der Waals surface area contributed by atoms with Crippen molar-refractivity contribution < 1.29 is 4.74 Å². The van der Waals surface area contributed by atoms with Gasteiger partial charge in [-0.15, -0.1) is 0 Å². The number of hydrogen-bond acceptors (Lipinski definition) is 2. The van der Waals surface area contributed by atoms with Gasteiger partial charge in [-0.1, -0.05) is 23.8 Å². The molecule has 1 rings (SSSR count). The fourth-order valence-corrected chi connectivity index (χ4v) is 1.88. The topological polar surface area (TPSA) is 21.3 Å². The van der Waals surface area contributed by atoms with Gasteiger partial charge in [-0.2, -0.15) is 0 Å². The van der Waals surface area contributed by atoms with E-state index in [0.29, 0.717) is 6.04 Å². The number of ether oxygens (including phenoxy) is 1. The lowest BCUT2D eigenvalue weighted by Gasteiger charge is -2.25. The van der Waals surface area contributed by atoms with Gasteiger partial charge in [0.1, 0.15) is 0 Å². The molecule has 0 aromatic heterocycles. The second-order valence-electron chi connectivity index (χ2n) is 6.04. The first-order valence-electron chi connectivity index (χ1n) is 6.69. The lowest BCUT2D eigenvalue weighted by Crippen LogP contribution is -2.36. The molecule has 2 nitrogen and oxygen atoms in total. The van der Waals surface area contributed by atoms with Gasteiger partial charge >= 0.3 is 0 Å². The third kappa shape index (κ3) is 5.19. The summed E-state index contributed by atoms with van der Waals surface area (Å²) in [7, 11) is 2.00. The van der Waals surface area contributed by atoms with Crippen molar-refractivity contribution in [2.45, 2.75) is 52.7 Å². The van der Waals surface area contributed by atoms with Crippen LogP contribution in [0.1, 0.15) is 37.5 Å². The van der Waals surface area contributed by atoms with Crippen molar-refractivity contribution in [3.63, 3.8) is 0 Å². The van der Waals surface area contributed by atoms with Gasteiger partial charge in [0, 0.05) is 6.04 Å². The quantitative estimate of drug-likeness (QED) is 0.865. The molecule has 1 unspecified atom stereocenters. The number of hydrogen-bond donors (Lipinski definition) is 1. The molecule has 102 valence electrons. The predicted molar refractivity (Wildman–Crippen MR) is 78.2 cm³/mol. The van der Waals surface area contributed by atoms with Crippen LogP contribution in [0.15, 0.2) is 18.2 Å². The van der Waals surface area contributed by atoms with Crippen LogP contribution in [-0.4, -0.2) is 25.3 Å². The second kappa shape index (κ2) is 6.35. The number of aryl methyl sites for hydroxylation is 2. The molecule has 18 heavy (non-hydrogen) atoms. The number of rotatable bonds is 5. The van der Waals surface area contributed by atoms with E-state index in [1.807, 2.05) is 7.05 Å². The van der Waals surface area contributed by atoms with E-state index in [0.717, 1.165) is 13.0 Å². The van der Waals surface area contributed by atoms with Crippen molar-refractivity contribution in [2.24, 2.45) is 0 Å². The summed E-state index contributed by atoms with van der Waals surface area (Å²) in [4.78, 5) is 0. The summed E-state index contributed by atoms with van der Waals surface area (Å²) in [6.07, 6.45) is 1.01. The highest BCUT2D eigenvalue weighted by Crippen LogP contribution is 2.14. The van der Waals surface area contributed by atoms with Crippen LogP contribution in [0.25, 0.3) is 0 Å². The maximum atomic E-state index is 5.86. The molecule has 0 saturated carbocycles. The Balaban J connectivity index is 2.65. The third-order valence-corrected chi connectivity index (χ3v) is 3.10. The van der Waals surface area contributed by atoms with Crippen molar-refractivity contribution in [1.82, 2.24) is 5.32 Å². The van der Waals surface area contributed by atoms with Crippen molar-refractivity contribution >= 4 is 0 Å². The van der Waals surface area contributed by atoms with Gasteiger partial charge in [0.25, 0.3) is 0 Å². The van der Waals surface area contributed by atoms with Gasteiger partial charge in [0.15, 0.2) is 0 Å². The van der Waals surface area contributed by atoms with E-state index < -0.39 is 0 Å². The SMILES string of the molecule is CNC(COC(C)(C)C)Cc1cc(C)ccc1C. The van der Waals surface area contributed by atoms with Gasteiger partial charge in [-0.25, -0.2) is 0 Å². The van der Waals surface area contributed by atoms with Crippen molar-refractivity contribution in [3.05, 3.63) is 34.9 Å². The highest BCUT2D eigenvalue weighted by atomic mass is 16.5. The second-order valence-corrected chi connectivity index (χ2v) is 6.04. The first-order valence-corrected chi connectivity index (χ1v) is 6.69. The molecule has 0 bridgehead atoms. The minimum Gasteiger partial charge on any atom is -0.374 e. The standard InChI is InChI=1S/C16H27NO/c1-12-7-8-13(2)14(9-12)10-15(17-6)11-18-16(3,4)5/h7-9,15,17H,10-11H2,1-6H3. The zero-order valence-corrected chi connectivity index (χ0v) is 12.6. The molecular formula is C16H27NO. The Bertz CT molecular complexity index is 379. The Morgan fingerprint density at radius 3 is 2.44 bits per heavy atom. The van der Waals surface area contributed by atoms with E-state index in [4.69, 9.17) is 4.74 Å². The molecule has 0 radical (unpaired) electrons. The van der Waals surface area contributed by atoms with Crippen molar-refractivity contribution in [3.8, 4) is 0 Å². The average molecular weight is 249 g/mol. The lowest BCUT2D eigenvalue weighted by molar-refractivity contribution is -0.0135. The summed E-state index contributed by atoms with van der Waals surface area (Å²) in [6.45, 7) is 11.3. The van der Waals surface area contributed by atoms with Crippen LogP contribution in [0, 0.1) is 13.8 Å². The van der Waals surface area contributed by atoms with Gasteiger partial charge in [0.2, 0.25) is 0 Å². The van der Waals surface area contributed by atoms with Crippen molar-refractivity contribution in [1.29, 1.82) is 0 Å². The number of likely N-dealkylation sites (N-methyl/N-ethyl adjacent to an activating group) is 1. The summed E-state index contributed by atoms with van der Waals surface area (Å²) in [5.74, 6) is 0. The first kappa shape index (κ1) is 15.2. The molecule has 0 aliphatic heterocycles. The van der Waals surface area contributed by atoms with E-state index in [-0.39, 0.29) is 5.60 Å². The monoisotopic (exact) mass is 249 g/mol. The summed E-state index contributed by atoms with van der Waals surface area (Å²) in [5.41, 5.74) is 4.02. The molecule has 0 aliphatic rings. The molecule has 0 spiro atoms. The molecule has 1 N–H and O–H groups in total. The Labute approximate surface area is 112 Å². The first-order chi connectivity index (χ1) is 8.31. The van der Waals surface area contributed by atoms with Crippen LogP contribution in [0.2, 0.25) is 0 Å². The Hall–Kier alpha value is -0.860. The normalized spacial score (nSPS) is 13.7. The molecule has 0 amide bonds. The molecule has 0 aliphatic carbocycles. The van der Waals surface area contributed by atoms with Gasteiger partial charge in [-0.3, -0.25) is 0 Å². The zero-order valence-electron chi connectivity index (χ0n) is 12.6. The fourth-order valence-electron chi connectivity index (χ4n) is 1.88. The van der Waals surface area contributed by atoms with E-state index in [1.54, 1.807) is 0 Å². The maximum absolute atomic E-state index is 5.86. The molecule has 0 fully saturated rings. The average Bonchev–Trinajstić information content (AvgIpc) is 2.27. The Morgan fingerprint density at radius 2 is 1.89 bits per heavy atom. The number of benzene rings is 1. The largest absolute Gasteiger partial charge is 0.374 e. The zero-order chi connectivity index (χ0) is 13.8. The van der Waals surface area contributed by atoms with Gasteiger partial charge in [-0.05, 0) is 59.2 Å². The smallest absolute Gasteiger partial charge is 0.0629 e. The van der Waals surface area contributed by atoms with Crippen LogP contribution in [-0.2, 0) is 11.2 Å². The molecule has 0 saturated heterocycles. The summed E-state index contributed by atoms with van der Waals surface area (Å²) >= 11 is 0. The van der Waals surface area contributed by atoms with Gasteiger partial charge in [0.05, 0.1) is 12.2 Å². The molecule has 1 aromatic rings. The minimum atomic E-state index is -0.0727. The molecule has 0 heterocycles. The van der Waals surface area contributed by atoms with Crippen molar-refractivity contribution in [2.75, 3.05) is 13.7 Å². The molecular weight excluding hydrogens is 222 g/mol. The van der Waals surface area contributed by atoms with Crippen LogP contribution in [0.3, 0.4) is 0 Å². The van der Waals surface area contributed by atoms with Crippen LogP contribution in [0.4, 0.5) is 0 Å². The highest BCUT2D eigenvalue weighted by molar-refractivity contribution is 5.31. The van der Waals surface area contributed by atoms with E-state index in [9.17, 15) is 0 Å². The minimum absolute atomic E-state index is 0.0727. The molecule has 2 heteroatoms. The van der Waals surface area contributed by atoms with Crippen LogP contribution in [0.5, 0.6) is 0 Å². The van der Waals surface area contributed by atoms with Crippen LogP contribution >= 0.6 is 0 Å². The Morgan fingerprint density at radius 1 is 1.22 bits per heavy atom. The third-order valence-electron chi connectivity index (χ3n) is 3.10. The summed E-state index contributed by atoms with van der Waals surface area (Å²) in [6, 6.07) is 7.00. The highest BCUT2D eigenvalue weighted by Gasteiger charge is 2.15. The molecule has 1 aromatic carbocycles. The van der Waals surface area contributed by atoms with E-state index >= 15 is 0 Å². The predicted octanol–water partition coefficient (Wildman–Crippen LogP) is 3.25. The van der Waals surface area contributed by atoms with E-state index in [1.165, 1.54) is 16.7 Å². The lowest BCUT2D eigenvalue weighted by atomic mass is 9.99. The van der Waals surface area contributed by atoms with E-state index in [2.05, 4.69) is 58.1 Å². The Kier molecular flexibility index (Phi) is 5.36. The molecule has 1 atom stereocenters. The van der Waals surface area contributed by atoms with Crippen LogP contribution < -0.4 is 5.32 Å². The van der Waals surface area contributed by atoms with Gasteiger partial charge < -0.3 is 10.1 Å². The maximum Gasteiger partial charge on any atom is 0.0629 e. The fraction of sp³-hybridized carbons (Fsp3) is 0.625.